The van der Waals surface area contributed by atoms with Crippen LogP contribution in [-0.4, -0.2) is 45.0 Å². The number of ether oxygens (including phenoxy) is 1. The Hall–Kier alpha value is -1.96. The minimum absolute atomic E-state index is 0.0112. The SMILES string of the molecule is O=C(NCCC1CCNCC1)C1CCN(c2ccc(OC(F)(F)F)cc2)CC1. The molecule has 2 saturated heterocycles. The smallest absolute Gasteiger partial charge is 0.406 e. The van der Waals surface area contributed by atoms with Crippen LogP contribution in [0.2, 0.25) is 0 Å². The molecule has 0 atom stereocenters. The molecule has 2 N–H and O–H groups in total. The number of carbonyl (C=O) groups excluding carboxylic acids is 1. The molecule has 0 unspecified atom stereocenters. The fraction of sp³-hybridized carbons (Fsp3) is 0.650. The van der Waals surface area contributed by atoms with Crippen molar-refractivity contribution in [2.24, 2.45) is 11.8 Å². The van der Waals surface area contributed by atoms with Crippen molar-refractivity contribution in [2.75, 3.05) is 37.6 Å². The van der Waals surface area contributed by atoms with Crippen molar-refractivity contribution >= 4 is 11.6 Å². The third-order valence-corrected chi connectivity index (χ3v) is 5.61. The monoisotopic (exact) mass is 399 g/mol. The van der Waals surface area contributed by atoms with E-state index in [-0.39, 0.29) is 17.6 Å². The molecule has 2 heterocycles. The van der Waals surface area contributed by atoms with E-state index in [9.17, 15) is 18.0 Å². The standard InChI is InChI=1S/C20H28F3N3O2/c21-20(22,23)28-18-3-1-17(2-4-18)26-13-8-16(9-14-26)19(27)25-12-7-15-5-10-24-11-6-15/h1-4,15-16,24H,5-14H2,(H,25,27). The molecule has 1 aromatic rings. The van der Waals surface area contributed by atoms with Gasteiger partial charge < -0.3 is 20.3 Å². The molecular formula is C20H28F3N3O2. The summed E-state index contributed by atoms with van der Waals surface area (Å²) < 4.78 is 40.6. The molecule has 2 aliphatic heterocycles. The molecule has 0 aliphatic carbocycles. The number of carbonyl (C=O) groups is 1. The molecule has 2 aliphatic rings. The van der Waals surface area contributed by atoms with Crippen LogP contribution in [0.4, 0.5) is 18.9 Å². The Kier molecular flexibility index (Phi) is 7.04. The Morgan fingerprint density at radius 1 is 1.11 bits per heavy atom. The fourth-order valence-electron chi connectivity index (χ4n) is 3.97. The van der Waals surface area contributed by atoms with Gasteiger partial charge in [-0.3, -0.25) is 4.79 Å². The summed E-state index contributed by atoms with van der Waals surface area (Å²) in [5, 5.41) is 6.43. The van der Waals surface area contributed by atoms with Crippen molar-refractivity contribution in [1.82, 2.24) is 10.6 Å². The molecule has 1 aromatic carbocycles. The number of alkyl halides is 3. The van der Waals surface area contributed by atoms with Crippen LogP contribution in [0.25, 0.3) is 0 Å². The Bertz CT molecular complexity index is 623. The maximum absolute atomic E-state index is 12.4. The van der Waals surface area contributed by atoms with Gasteiger partial charge >= 0.3 is 6.36 Å². The van der Waals surface area contributed by atoms with Crippen molar-refractivity contribution in [3.8, 4) is 5.75 Å². The molecule has 5 nitrogen and oxygen atoms in total. The van der Waals surface area contributed by atoms with Crippen LogP contribution < -0.4 is 20.3 Å². The zero-order chi connectivity index (χ0) is 20.0. The number of amides is 1. The summed E-state index contributed by atoms with van der Waals surface area (Å²) in [5.41, 5.74) is 0.847. The van der Waals surface area contributed by atoms with E-state index in [1.54, 1.807) is 12.1 Å². The highest BCUT2D eigenvalue weighted by Crippen LogP contribution is 2.28. The van der Waals surface area contributed by atoms with Crippen molar-refractivity contribution in [3.63, 3.8) is 0 Å². The average Bonchev–Trinajstić information content (AvgIpc) is 2.68. The zero-order valence-electron chi connectivity index (χ0n) is 15.9. The summed E-state index contributed by atoms with van der Waals surface area (Å²) in [6, 6.07) is 5.89. The third kappa shape index (κ3) is 6.29. The van der Waals surface area contributed by atoms with E-state index in [0.29, 0.717) is 19.0 Å². The normalized spacial score (nSPS) is 19.5. The quantitative estimate of drug-likeness (QED) is 0.771. The molecule has 2 fully saturated rings. The second-order valence-electron chi connectivity index (χ2n) is 7.58. The summed E-state index contributed by atoms with van der Waals surface area (Å²) in [6.45, 7) is 4.31. The van der Waals surface area contributed by atoms with E-state index in [4.69, 9.17) is 0 Å². The van der Waals surface area contributed by atoms with Gasteiger partial charge in [0.1, 0.15) is 5.75 Å². The molecule has 0 aromatic heterocycles. The largest absolute Gasteiger partial charge is 0.573 e. The Balaban J connectivity index is 1.39. The van der Waals surface area contributed by atoms with Gasteiger partial charge in [0.15, 0.2) is 0 Å². The molecule has 0 radical (unpaired) electrons. The van der Waals surface area contributed by atoms with Crippen LogP contribution >= 0.6 is 0 Å². The van der Waals surface area contributed by atoms with Gasteiger partial charge in [-0.25, -0.2) is 0 Å². The van der Waals surface area contributed by atoms with Crippen LogP contribution in [-0.2, 0) is 4.79 Å². The van der Waals surface area contributed by atoms with Gasteiger partial charge in [-0.15, -0.1) is 13.2 Å². The van der Waals surface area contributed by atoms with Gasteiger partial charge in [0.25, 0.3) is 0 Å². The van der Waals surface area contributed by atoms with Crippen LogP contribution in [0.3, 0.4) is 0 Å². The molecule has 8 heteroatoms. The van der Waals surface area contributed by atoms with E-state index in [1.807, 2.05) is 0 Å². The summed E-state index contributed by atoms with van der Waals surface area (Å²) in [5.74, 6) is 0.617. The van der Waals surface area contributed by atoms with Crippen molar-refractivity contribution in [3.05, 3.63) is 24.3 Å². The molecule has 28 heavy (non-hydrogen) atoms. The highest BCUT2D eigenvalue weighted by atomic mass is 19.4. The predicted octanol–water partition coefficient (Wildman–Crippen LogP) is 3.31. The van der Waals surface area contributed by atoms with Gasteiger partial charge in [0.05, 0.1) is 0 Å². The van der Waals surface area contributed by atoms with Crippen LogP contribution in [0.15, 0.2) is 24.3 Å². The number of nitrogens with zero attached hydrogens (tertiary/aromatic N) is 1. The third-order valence-electron chi connectivity index (χ3n) is 5.61. The van der Waals surface area contributed by atoms with Crippen molar-refractivity contribution in [1.29, 1.82) is 0 Å². The first-order chi connectivity index (χ1) is 13.4. The lowest BCUT2D eigenvalue weighted by atomic mass is 9.93. The first-order valence-corrected chi connectivity index (χ1v) is 10.00. The lowest BCUT2D eigenvalue weighted by Gasteiger charge is -2.33. The minimum atomic E-state index is -4.68. The van der Waals surface area contributed by atoms with Crippen molar-refractivity contribution < 1.29 is 22.7 Å². The Morgan fingerprint density at radius 3 is 2.36 bits per heavy atom. The van der Waals surface area contributed by atoms with E-state index in [0.717, 1.165) is 44.6 Å². The molecule has 1 amide bonds. The van der Waals surface area contributed by atoms with Gasteiger partial charge in [-0.05, 0) is 75.4 Å². The lowest BCUT2D eigenvalue weighted by Crippen LogP contribution is -2.41. The van der Waals surface area contributed by atoms with E-state index in [2.05, 4.69) is 20.3 Å². The minimum Gasteiger partial charge on any atom is -0.406 e. The first-order valence-electron chi connectivity index (χ1n) is 10.00. The predicted molar refractivity (Wildman–Crippen MR) is 101 cm³/mol. The second kappa shape index (κ2) is 9.49. The molecule has 156 valence electrons. The van der Waals surface area contributed by atoms with Gasteiger partial charge in [-0.2, -0.15) is 0 Å². The first kappa shape index (κ1) is 20.8. The highest BCUT2D eigenvalue weighted by molar-refractivity contribution is 5.79. The van der Waals surface area contributed by atoms with Crippen LogP contribution in [0, 0.1) is 11.8 Å². The van der Waals surface area contributed by atoms with E-state index in [1.165, 1.54) is 25.0 Å². The number of nitrogens with one attached hydrogen (secondary N) is 2. The summed E-state index contributed by atoms with van der Waals surface area (Å²) in [6.07, 6.45) is 0.224. The number of anilines is 1. The number of hydrogen-bond acceptors (Lipinski definition) is 4. The molecule has 3 rings (SSSR count). The average molecular weight is 399 g/mol. The molecule has 0 spiro atoms. The summed E-state index contributed by atoms with van der Waals surface area (Å²) in [4.78, 5) is 14.5. The van der Waals surface area contributed by atoms with Gasteiger partial charge in [-0.1, -0.05) is 0 Å². The lowest BCUT2D eigenvalue weighted by molar-refractivity contribution is -0.274. The molecule has 0 saturated carbocycles. The van der Waals surface area contributed by atoms with E-state index >= 15 is 0 Å². The number of benzene rings is 1. The molecule has 0 bridgehead atoms. The highest BCUT2D eigenvalue weighted by Gasteiger charge is 2.31. The summed E-state index contributed by atoms with van der Waals surface area (Å²) in [7, 11) is 0. The number of hydrogen-bond donors (Lipinski definition) is 2. The molecular weight excluding hydrogens is 371 g/mol. The van der Waals surface area contributed by atoms with Crippen LogP contribution in [0.5, 0.6) is 5.75 Å². The topological polar surface area (TPSA) is 53.6 Å². The fourth-order valence-corrected chi connectivity index (χ4v) is 3.97. The Labute approximate surface area is 163 Å². The zero-order valence-corrected chi connectivity index (χ0v) is 15.9. The van der Waals surface area contributed by atoms with E-state index < -0.39 is 6.36 Å². The number of halogens is 3. The van der Waals surface area contributed by atoms with Crippen LogP contribution in [0.1, 0.15) is 32.1 Å². The Morgan fingerprint density at radius 2 is 1.75 bits per heavy atom. The summed E-state index contributed by atoms with van der Waals surface area (Å²) >= 11 is 0. The maximum Gasteiger partial charge on any atom is 0.573 e. The maximum atomic E-state index is 12.4. The number of rotatable bonds is 6. The van der Waals surface area contributed by atoms with Gasteiger partial charge in [0.2, 0.25) is 5.91 Å². The van der Waals surface area contributed by atoms with Gasteiger partial charge in [0, 0.05) is 31.2 Å². The van der Waals surface area contributed by atoms with Crippen molar-refractivity contribution in [2.45, 2.75) is 38.5 Å². The number of piperidine rings is 2. The second-order valence-corrected chi connectivity index (χ2v) is 7.58.